The lowest BCUT2D eigenvalue weighted by atomic mass is 9.67. The van der Waals surface area contributed by atoms with Crippen LogP contribution in [0.2, 0.25) is 0 Å². The zero-order valence-electron chi connectivity index (χ0n) is 18.4. The molecule has 0 unspecified atom stereocenters. The van der Waals surface area contributed by atoms with E-state index >= 15 is 0 Å². The van der Waals surface area contributed by atoms with Gasteiger partial charge in [-0.25, -0.2) is 0 Å². The topological polar surface area (TPSA) is 80.9 Å². The first kappa shape index (κ1) is 22.3. The molecule has 0 fully saturated rings. The minimum Gasteiger partial charge on any atom is -0.508 e. The summed E-state index contributed by atoms with van der Waals surface area (Å²) in [4.78, 5) is 0. The Kier molecular flexibility index (Phi) is 6.55. The quantitative estimate of drug-likeness (QED) is 0.268. The number of aromatic hydroxyl groups is 4. The maximum atomic E-state index is 9.92. The molecule has 33 heavy (non-hydrogen) atoms. The third-order valence-corrected chi connectivity index (χ3v) is 6.39. The standard InChI is InChI=1S/C29H28O4/c30-25-9-1-21(2-10-25)17-19-29(23-5-13-27(32)14-6-23,24-7-15-28(33)16-8-24)20-18-22-3-11-26(31)12-4-22/h1-16,30-33H,17-20H2. The lowest BCUT2D eigenvalue weighted by molar-refractivity contribution is 0.431. The highest BCUT2D eigenvalue weighted by molar-refractivity contribution is 5.44. The monoisotopic (exact) mass is 440 g/mol. The highest BCUT2D eigenvalue weighted by atomic mass is 16.3. The minimum atomic E-state index is -0.378. The van der Waals surface area contributed by atoms with Gasteiger partial charge >= 0.3 is 0 Å². The van der Waals surface area contributed by atoms with E-state index in [9.17, 15) is 20.4 Å². The molecule has 4 aromatic carbocycles. The maximum Gasteiger partial charge on any atom is 0.115 e. The Hall–Kier alpha value is -3.92. The lowest BCUT2D eigenvalue weighted by Gasteiger charge is -2.36. The van der Waals surface area contributed by atoms with Crippen molar-refractivity contribution >= 4 is 0 Å². The van der Waals surface area contributed by atoms with E-state index in [-0.39, 0.29) is 28.4 Å². The number of hydrogen-bond acceptors (Lipinski definition) is 4. The van der Waals surface area contributed by atoms with Crippen LogP contribution in [0.15, 0.2) is 97.1 Å². The molecule has 4 aromatic rings. The number of hydrogen-bond donors (Lipinski definition) is 4. The number of aryl methyl sites for hydroxylation is 2. The van der Waals surface area contributed by atoms with Gasteiger partial charge in [0, 0.05) is 5.41 Å². The molecule has 4 N–H and O–H groups in total. The third-order valence-electron chi connectivity index (χ3n) is 6.39. The first-order valence-corrected chi connectivity index (χ1v) is 11.1. The molecule has 0 saturated carbocycles. The molecule has 0 aliphatic rings. The smallest absolute Gasteiger partial charge is 0.115 e. The van der Waals surface area contributed by atoms with Gasteiger partial charge in [-0.1, -0.05) is 48.5 Å². The van der Waals surface area contributed by atoms with Crippen LogP contribution >= 0.6 is 0 Å². The average molecular weight is 441 g/mol. The van der Waals surface area contributed by atoms with Gasteiger partial charge < -0.3 is 20.4 Å². The van der Waals surface area contributed by atoms with E-state index in [0.29, 0.717) is 0 Å². The van der Waals surface area contributed by atoms with Crippen LogP contribution in [0.4, 0.5) is 0 Å². The Morgan fingerprint density at radius 3 is 0.970 bits per heavy atom. The van der Waals surface area contributed by atoms with Gasteiger partial charge in [0.2, 0.25) is 0 Å². The molecule has 4 rings (SSSR count). The van der Waals surface area contributed by atoms with Gasteiger partial charge in [-0.15, -0.1) is 0 Å². The summed E-state index contributed by atoms with van der Waals surface area (Å²) in [7, 11) is 0. The second-order valence-corrected chi connectivity index (χ2v) is 8.51. The highest BCUT2D eigenvalue weighted by Crippen LogP contribution is 2.42. The summed E-state index contributed by atoms with van der Waals surface area (Å²) >= 11 is 0. The van der Waals surface area contributed by atoms with Crippen LogP contribution in [-0.4, -0.2) is 20.4 Å². The molecule has 0 spiro atoms. The van der Waals surface area contributed by atoms with Crippen molar-refractivity contribution in [1.82, 2.24) is 0 Å². The predicted octanol–water partition coefficient (Wildman–Crippen LogP) is 6.06. The van der Waals surface area contributed by atoms with Crippen molar-refractivity contribution in [3.05, 3.63) is 119 Å². The molecule has 0 aliphatic heterocycles. The van der Waals surface area contributed by atoms with Crippen LogP contribution in [-0.2, 0) is 18.3 Å². The molecular formula is C29H28O4. The molecule has 0 radical (unpaired) electrons. The van der Waals surface area contributed by atoms with Gasteiger partial charge in [-0.3, -0.25) is 0 Å². The summed E-state index contributed by atoms with van der Waals surface area (Å²) in [5.74, 6) is 0.926. The summed E-state index contributed by atoms with van der Waals surface area (Å²) in [6, 6.07) is 29.3. The number of rotatable bonds is 8. The zero-order valence-corrected chi connectivity index (χ0v) is 18.4. The predicted molar refractivity (Wildman–Crippen MR) is 130 cm³/mol. The first-order valence-electron chi connectivity index (χ1n) is 11.1. The molecule has 0 saturated heterocycles. The molecule has 0 amide bonds. The fourth-order valence-corrected chi connectivity index (χ4v) is 4.47. The second kappa shape index (κ2) is 9.70. The first-order chi connectivity index (χ1) is 15.9. The van der Waals surface area contributed by atoms with Crippen molar-refractivity contribution < 1.29 is 20.4 Å². The normalized spacial score (nSPS) is 11.4. The summed E-state index contributed by atoms with van der Waals surface area (Å²) in [5, 5.41) is 39.1. The van der Waals surface area contributed by atoms with Crippen LogP contribution in [0.3, 0.4) is 0 Å². The SMILES string of the molecule is Oc1ccc(CCC(CCc2ccc(O)cc2)(c2ccc(O)cc2)c2ccc(O)cc2)cc1. The molecule has 0 heterocycles. The molecule has 0 aliphatic carbocycles. The fraction of sp³-hybridized carbons (Fsp3) is 0.172. The fourth-order valence-electron chi connectivity index (χ4n) is 4.47. The van der Waals surface area contributed by atoms with Crippen molar-refractivity contribution in [2.75, 3.05) is 0 Å². The number of benzene rings is 4. The number of phenols is 4. The van der Waals surface area contributed by atoms with E-state index in [1.807, 2.05) is 48.5 Å². The van der Waals surface area contributed by atoms with Crippen molar-refractivity contribution in [3.63, 3.8) is 0 Å². The Balaban J connectivity index is 1.76. The van der Waals surface area contributed by atoms with Gasteiger partial charge in [-0.2, -0.15) is 0 Å². The van der Waals surface area contributed by atoms with Crippen molar-refractivity contribution in [2.45, 2.75) is 31.1 Å². The second-order valence-electron chi connectivity index (χ2n) is 8.51. The van der Waals surface area contributed by atoms with E-state index in [1.165, 1.54) is 0 Å². The van der Waals surface area contributed by atoms with Crippen molar-refractivity contribution in [3.8, 4) is 23.0 Å². The van der Waals surface area contributed by atoms with E-state index in [0.717, 1.165) is 47.9 Å². The Labute approximate surface area is 194 Å². The van der Waals surface area contributed by atoms with E-state index in [4.69, 9.17) is 0 Å². The molecule has 4 heteroatoms. The molecule has 0 aromatic heterocycles. The summed E-state index contributed by atoms with van der Waals surface area (Å²) in [6.07, 6.45) is 3.17. The summed E-state index contributed by atoms with van der Waals surface area (Å²) < 4.78 is 0. The Morgan fingerprint density at radius 1 is 0.394 bits per heavy atom. The van der Waals surface area contributed by atoms with Gasteiger partial charge in [0.15, 0.2) is 0 Å². The van der Waals surface area contributed by atoms with Crippen LogP contribution in [0.5, 0.6) is 23.0 Å². The van der Waals surface area contributed by atoms with Crippen molar-refractivity contribution in [2.24, 2.45) is 0 Å². The van der Waals surface area contributed by atoms with Gasteiger partial charge in [0.05, 0.1) is 0 Å². The van der Waals surface area contributed by atoms with Crippen LogP contribution in [0, 0.1) is 0 Å². The van der Waals surface area contributed by atoms with E-state index in [1.54, 1.807) is 48.5 Å². The van der Waals surface area contributed by atoms with Crippen LogP contribution in [0.1, 0.15) is 35.1 Å². The third kappa shape index (κ3) is 5.29. The maximum absolute atomic E-state index is 9.92. The lowest BCUT2D eigenvalue weighted by Crippen LogP contribution is -2.29. The van der Waals surface area contributed by atoms with Gasteiger partial charge in [0.1, 0.15) is 23.0 Å². The molecule has 0 atom stereocenters. The van der Waals surface area contributed by atoms with Gasteiger partial charge in [-0.05, 0) is 96.5 Å². The largest absolute Gasteiger partial charge is 0.508 e. The minimum absolute atomic E-state index is 0.218. The van der Waals surface area contributed by atoms with E-state index in [2.05, 4.69) is 0 Å². The number of phenolic OH excluding ortho intramolecular Hbond substituents is 4. The Morgan fingerprint density at radius 2 is 0.667 bits per heavy atom. The Bertz CT molecular complexity index is 1070. The molecule has 0 bridgehead atoms. The van der Waals surface area contributed by atoms with Crippen molar-refractivity contribution in [1.29, 1.82) is 0 Å². The van der Waals surface area contributed by atoms with Crippen LogP contribution < -0.4 is 0 Å². The zero-order chi connectivity index (χ0) is 23.3. The molecule has 168 valence electrons. The summed E-state index contributed by atoms with van der Waals surface area (Å²) in [6.45, 7) is 0. The molecular weight excluding hydrogens is 412 g/mol. The van der Waals surface area contributed by atoms with Gasteiger partial charge in [0.25, 0.3) is 0 Å². The highest BCUT2D eigenvalue weighted by Gasteiger charge is 2.34. The molecule has 4 nitrogen and oxygen atoms in total. The summed E-state index contributed by atoms with van der Waals surface area (Å²) in [5.41, 5.74) is 4.04. The average Bonchev–Trinajstić information content (AvgIpc) is 2.83. The van der Waals surface area contributed by atoms with Crippen LogP contribution in [0.25, 0.3) is 0 Å². The van der Waals surface area contributed by atoms with E-state index < -0.39 is 0 Å².